The van der Waals surface area contributed by atoms with Crippen molar-refractivity contribution in [3.63, 3.8) is 0 Å². The number of amidine groups is 1. The second kappa shape index (κ2) is 15.3. The third-order valence-electron chi connectivity index (χ3n) is 6.89. The number of nitrogen functional groups attached to an aromatic ring is 1. The summed E-state index contributed by atoms with van der Waals surface area (Å²) in [6.07, 6.45) is 4.93. The van der Waals surface area contributed by atoms with Gasteiger partial charge in [0, 0.05) is 18.0 Å². The van der Waals surface area contributed by atoms with Crippen LogP contribution in [0.5, 0.6) is 0 Å². The van der Waals surface area contributed by atoms with Gasteiger partial charge in [-0.25, -0.2) is 0 Å². The zero-order chi connectivity index (χ0) is 28.9. The number of carbonyl (C=O) groups is 4. The molecule has 1 aliphatic rings. The predicted molar refractivity (Wildman–Crippen MR) is 146 cm³/mol. The van der Waals surface area contributed by atoms with Crippen molar-refractivity contribution in [2.24, 2.45) is 39.8 Å². The molecule has 0 bridgehead atoms. The van der Waals surface area contributed by atoms with Gasteiger partial charge in [-0.2, -0.15) is 0 Å². The SMILES string of the molecule is N=C(N)c1ccc(C[C@H](C(=O)NC(CC(=O)O)C(=O)NC(CCCN=C(N)N)C(N)=O)C2CCCCC2)cc1. The third-order valence-corrected chi connectivity index (χ3v) is 6.89. The predicted octanol–water partition coefficient (Wildman–Crippen LogP) is -0.307. The first-order chi connectivity index (χ1) is 18.5. The van der Waals surface area contributed by atoms with Crippen LogP contribution in [-0.2, 0) is 25.6 Å². The quantitative estimate of drug-likeness (QED) is 0.0823. The number of guanidine groups is 1. The fourth-order valence-electron chi connectivity index (χ4n) is 4.81. The summed E-state index contributed by atoms with van der Waals surface area (Å²) in [6, 6.07) is 4.55. The van der Waals surface area contributed by atoms with Crippen LogP contribution in [0.3, 0.4) is 0 Å². The largest absolute Gasteiger partial charge is 0.481 e. The zero-order valence-corrected chi connectivity index (χ0v) is 22.0. The number of hydrogen-bond acceptors (Lipinski definition) is 6. The van der Waals surface area contributed by atoms with Crippen molar-refractivity contribution < 1.29 is 24.3 Å². The molecule has 3 amide bonds. The van der Waals surface area contributed by atoms with Crippen molar-refractivity contribution >= 4 is 35.5 Å². The third kappa shape index (κ3) is 10.6. The van der Waals surface area contributed by atoms with Crippen LogP contribution in [0, 0.1) is 17.2 Å². The van der Waals surface area contributed by atoms with Crippen LogP contribution in [-0.4, -0.2) is 59.2 Å². The minimum absolute atomic E-state index is 0.0591. The number of nitrogens with two attached hydrogens (primary N) is 4. The molecule has 1 fully saturated rings. The molecule has 0 saturated heterocycles. The van der Waals surface area contributed by atoms with E-state index in [-0.39, 0.29) is 30.7 Å². The number of primary amides is 1. The van der Waals surface area contributed by atoms with Crippen molar-refractivity contribution in [1.29, 1.82) is 5.41 Å². The molecule has 0 aliphatic heterocycles. The van der Waals surface area contributed by atoms with E-state index >= 15 is 0 Å². The highest BCUT2D eigenvalue weighted by molar-refractivity contribution is 5.95. The lowest BCUT2D eigenvalue weighted by molar-refractivity contribution is -0.141. The summed E-state index contributed by atoms with van der Waals surface area (Å²) >= 11 is 0. The van der Waals surface area contributed by atoms with Crippen LogP contribution in [0.1, 0.15) is 62.5 Å². The highest BCUT2D eigenvalue weighted by Gasteiger charge is 2.34. The van der Waals surface area contributed by atoms with Gasteiger partial charge in [0.2, 0.25) is 17.7 Å². The number of aliphatic imine (C=N–C) groups is 1. The number of carbonyl (C=O) groups excluding carboxylic acids is 3. The van der Waals surface area contributed by atoms with Crippen molar-refractivity contribution in [1.82, 2.24) is 10.6 Å². The minimum Gasteiger partial charge on any atom is -0.481 e. The summed E-state index contributed by atoms with van der Waals surface area (Å²) in [7, 11) is 0. The summed E-state index contributed by atoms with van der Waals surface area (Å²) < 4.78 is 0. The van der Waals surface area contributed by atoms with Gasteiger partial charge in [-0.3, -0.25) is 29.6 Å². The second-order valence-corrected chi connectivity index (χ2v) is 9.89. The van der Waals surface area contributed by atoms with Crippen molar-refractivity contribution in [3.05, 3.63) is 35.4 Å². The van der Waals surface area contributed by atoms with E-state index in [4.69, 9.17) is 28.3 Å². The zero-order valence-electron chi connectivity index (χ0n) is 22.0. The lowest BCUT2D eigenvalue weighted by atomic mass is 9.76. The van der Waals surface area contributed by atoms with Crippen molar-refractivity contribution in [3.8, 4) is 0 Å². The number of carboxylic acids is 1. The number of rotatable bonds is 15. The topological polar surface area (TPSA) is 253 Å². The minimum atomic E-state index is -1.40. The lowest BCUT2D eigenvalue weighted by Gasteiger charge is -2.31. The second-order valence-electron chi connectivity index (χ2n) is 9.89. The summed E-state index contributed by atoms with van der Waals surface area (Å²) in [6.45, 7) is 0.216. The molecule has 1 aliphatic carbocycles. The number of amides is 3. The average Bonchev–Trinajstić information content (AvgIpc) is 2.88. The van der Waals surface area contributed by atoms with Crippen LogP contribution in [0.15, 0.2) is 29.3 Å². The Hall–Kier alpha value is -4.16. The van der Waals surface area contributed by atoms with E-state index in [0.29, 0.717) is 18.4 Å². The highest BCUT2D eigenvalue weighted by atomic mass is 16.4. The highest BCUT2D eigenvalue weighted by Crippen LogP contribution is 2.32. The Kier molecular flexibility index (Phi) is 12.2. The molecule has 214 valence electrons. The molecule has 1 saturated carbocycles. The molecule has 0 heterocycles. The molecule has 13 heteroatoms. The molecule has 3 atom stereocenters. The number of carboxylic acid groups (broad SMARTS) is 1. The Labute approximate surface area is 227 Å². The molecule has 0 spiro atoms. The monoisotopic (exact) mass is 544 g/mol. The molecular weight excluding hydrogens is 504 g/mol. The molecule has 0 aromatic heterocycles. The fraction of sp³-hybridized carbons (Fsp3) is 0.538. The van der Waals surface area contributed by atoms with Gasteiger partial charge in [0.25, 0.3) is 0 Å². The summed E-state index contributed by atoms with van der Waals surface area (Å²) in [5, 5.41) is 22.1. The molecule has 12 N–H and O–H groups in total. The first-order valence-electron chi connectivity index (χ1n) is 13.1. The molecule has 13 nitrogen and oxygen atoms in total. The van der Waals surface area contributed by atoms with Crippen molar-refractivity contribution in [2.45, 2.75) is 69.9 Å². The Bertz CT molecular complexity index is 1050. The van der Waals surface area contributed by atoms with Crippen LogP contribution >= 0.6 is 0 Å². The van der Waals surface area contributed by atoms with E-state index in [0.717, 1.165) is 37.7 Å². The standard InChI is InChI=1S/C26H40N8O5/c27-22(28)17-10-8-15(9-11-17)13-18(16-5-2-1-3-6-16)24(38)34-20(14-21(35)36)25(39)33-19(23(29)37)7-4-12-32-26(30)31/h8-11,16,18-20H,1-7,12-14H2,(H3,27,28)(H2,29,37)(H,33,39)(H,34,38)(H,35,36)(H4,30,31,32)/t18-,19?,20?/m0/s1. The van der Waals surface area contributed by atoms with Gasteiger partial charge >= 0.3 is 5.97 Å². The van der Waals surface area contributed by atoms with E-state index in [1.807, 2.05) is 0 Å². The molecule has 2 rings (SSSR count). The first kappa shape index (κ1) is 31.1. The summed E-state index contributed by atoms with van der Waals surface area (Å²) in [5.41, 5.74) is 23.0. The number of nitrogens with one attached hydrogen (secondary N) is 3. The van der Waals surface area contributed by atoms with Gasteiger partial charge < -0.3 is 38.7 Å². The molecule has 1 aromatic carbocycles. The van der Waals surface area contributed by atoms with Crippen LogP contribution in [0.2, 0.25) is 0 Å². The van der Waals surface area contributed by atoms with Crippen LogP contribution in [0.4, 0.5) is 0 Å². The van der Waals surface area contributed by atoms with Crippen molar-refractivity contribution in [2.75, 3.05) is 6.54 Å². The Balaban J connectivity index is 2.18. The summed E-state index contributed by atoms with van der Waals surface area (Å²) in [5.74, 6) is -3.93. The molecule has 2 unspecified atom stereocenters. The van der Waals surface area contributed by atoms with Gasteiger partial charge in [-0.05, 0) is 43.6 Å². The summed E-state index contributed by atoms with van der Waals surface area (Å²) in [4.78, 5) is 53.9. The maximum absolute atomic E-state index is 13.5. The Morgan fingerprint density at radius 1 is 0.949 bits per heavy atom. The molecule has 39 heavy (non-hydrogen) atoms. The molecule has 0 radical (unpaired) electrons. The fourth-order valence-corrected chi connectivity index (χ4v) is 4.81. The first-order valence-corrected chi connectivity index (χ1v) is 13.1. The number of nitrogens with zero attached hydrogens (tertiary/aromatic N) is 1. The van der Waals surface area contributed by atoms with Crippen LogP contribution < -0.4 is 33.6 Å². The molecular formula is C26H40N8O5. The Morgan fingerprint density at radius 3 is 2.10 bits per heavy atom. The number of benzene rings is 1. The lowest BCUT2D eigenvalue weighted by Crippen LogP contribution is -2.55. The average molecular weight is 545 g/mol. The van der Waals surface area contributed by atoms with E-state index in [1.165, 1.54) is 0 Å². The van der Waals surface area contributed by atoms with E-state index in [9.17, 15) is 24.3 Å². The van der Waals surface area contributed by atoms with Gasteiger partial charge in [0.15, 0.2) is 5.96 Å². The normalized spacial score (nSPS) is 15.8. The number of aliphatic carboxylic acids is 1. The van der Waals surface area contributed by atoms with Gasteiger partial charge in [0.1, 0.15) is 17.9 Å². The van der Waals surface area contributed by atoms with E-state index in [1.54, 1.807) is 24.3 Å². The number of hydrogen-bond donors (Lipinski definition) is 8. The van der Waals surface area contributed by atoms with Gasteiger partial charge in [-0.15, -0.1) is 0 Å². The maximum Gasteiger partial charge on any atom is 0.305 e. The van der Waals surface area contributed by atoms with Crippen LogP contribution in [0.25, 0.3) is 0 Å². The van der Waals surface area contributed by atoms with E-state index in [2.05, 4.69) is 15.6 Å². The smallest absolute Gasteiger partial charge is 0.305 e. The Morgan fingerprint density at radius 2 is 1.56 bits per heavy atom. The van der Waals surface area contributed by atoms with Gasteiger partial charge in [0.05, 0.1) is 6.42 Å². The van der Waals surface area contributed by atoms with E-state index < -0.39 is 48.1 Å². The molecule has 1 aromatic rings. The van der Waals surface area contributed by atoms with Gasteiger partial charge in [-0.1, -0.05) is 43.5 Å². The maximum atomic E-state index is 13.5.